The molecule has 2 unspecified atom stereocenters. The van der Waals surface area contributed by atoms with Crippen molar-refractivity contribution in [3.8, 4) is 0 Å². The number of nitrogens with zero attached hydrogens (tertiary/aromatic N) is 1. The number of aryl methyl sites for hydroxylation is 1. The Morgan fingerprint density at radius 1 is 1.38 bits per heavy atom. The van der Waals surface area contributed by atoms with Gasteiger partial charge in [0, 0.05) is 17.8 Å². The zero-order valence-corrected chi connectivity index (χ0v) is 13.7. The maximum atomic E-state index is 4.63. The van der Waals surface area contributed by atoms with Gasteiger partial charge in [-0.3, -0.25) is 0 Å². The lowest BCUT2D eigenvalue weighted by Crippen LogP contribution is -2.35. The third kappa shape index (κ3) is 3.53. The molecule has 21 heavy (non-hydrogen) atoms. The van der Waals surface area contributed by atoms with Crippen LogP contribution in [-0.2, 0) is 12.8 Å². The molecular weight excluding hydrogens is 276 g/mol. The van der Waals surface area contributed by atoms with Crippen molar-refractivity contribution < 1.29 is 0 Å². The Bertz CT molecular complexity index is 590. The highest BCUT2D eigenvalue weighted by Crippen LogP contribution is 2.38. The summed E-state index contributed by atoms with van der Waals surface area (Å²) >= 11 is 1.76. The van der Waals surface area contributed by atoms with Gasteiger partial charge >= 0.3 is 0 Å². The van der Waals surface area contributed by atoms with Gasteiger partial charge < -0.3 is 5.32 Å². The van der Waals surface area contributed by atoms with Gasteiger partial charge in [-0.1, -0.05) is 31.2 Å². The van der Waals surface area contributed by atoms with Crippen molar-refractivity contribution in [1.29, 1.82) is 0 Å². The first-order valence-electron chi connectivity index (χ1n) is 7.98. The summed E-state index contributed by atoms with van der Waals surface area (Å²) in [5.41, 5.74) is 4.36. The van der Waals surface area contributed by atoms with Crippen LogP contribution in [0.15, 0.2) is 29.6 Å². The van der Waals surface area contributed by atoms with Gasteiger partial charge in [-0.05, 0) is 49.8 Å². The van der Waals surface area contributed by atoms with Gasteiger partial charge in [-0.25, -0.2) is 4.98 Å². The zero-order chi connectivity index (χ0) is 14.7. The van der Waals surface area contributed by atoms with Gasteiger partial charge in [0.05, 0.1) is 10.7 Å². The Labute approximate surface area is 131 Å². The van der Waals surface area contributed by atoms with E-state index >= 15 is 0 Å². The third-order valence-corrected chi connectivity index (χ3v) is 5.16. The molecule has 3 rings (SSSR count). The predicted molar refractivity (Wildman–Crippen MR) is 90.1 cm³/mol. The summed E-state index contributed by atoms with van der Waals surface area (Å²) in [4.78, 5) is 4.63. The fourth-order valence-electron chi connectivity index (χ4n) is 3.26. The van der Waals surface area contributed by atoms with E-state index in [1.807, 2.05) is 0 Å². The summed E-state index contributed by atoms with van der Waals surface area (Å²) in [5, 5.41) is 7.11. The fourth-order valence-corrected chi connectivity index (χ4v) is 3.88. The van der Waals surface area contributed by atoms with Crippen molar-refractivity contribution in [2.45, 2.75) is 51.5 Å². The molecule has 2 aromatic rings. The number of nitrogens with one attached hydrogen (secondary N) is 1. The SMILES string of the molecule is CCCNC(Cc1csc(C)n1)CC1Cc2ccccc21. The molecule has 0 fully saturated rings. The van der Waals surface area contributed by atoms with Gasteiger partial charge in [0.25, 0.3) is 0 Å². The molecule has 1 aromatic carbocycles. The number of hydrogen-bond donors (Lipinski definition) is 1. The molecule has 0 radical (unpaired) electrons. The molecule has 112 valence electrons. The van der Waals surface area contributed by atoms with Crippen LogP contribution in [-0.4, -0.2) is 17.6 Å². The zero-order valence-electron chi connectivity index (χ0n) is 12.9. The second kappa shape index (κ2) is 6.71. The number of benzene rings is 1. The van der Waals surface area contributed by atoms with Crippen molar-refractivity contribution in [3.05, 3.63) is 51.5 Å². The van der Waals surface area contributed by atoms with Gasteiger partial charge in [0.2, 0.25) is 0 Å². The minimum absolute atomic E-state index is 0.546. The topological polar surface area (TPSA) is 24.9 Å². The van der Waals surface area contributed by atoms with Crippen LogP contribution in [0.2, 0.25) is 0 Å². The molecule has 0 saturated heterocycles. The third-order valence-electron chi connectivity index (χ3n) is 4.34. The molecule has 0 bridgehead atoms. The van der Waals surface area contributed by atoms with Crippen LogP contribution < -0.4 is 5.32 Å². The second-order valence-corrected chi connectivity index (χ2v) is 7.11. The van der Waals surface area contributed by atoms with Crippen LogP contribution in [0.5, 0.6) is 0 Å². The Morgan fingerprint density at radius 2 is 2.24 bits per heavy atom. The van der Waals surface area contributed by atoms with E-state index in [0.29, 0.717) is 6.04 Å². The monoisotopic (exact) mass is 300 g/mol. The molecule has 0 aliphatic heterocycles. The molecule has 1 N–H and O–H groups in total. The molecule has 2 atom stereocenters. The number of rotatable bonds is 7. The van der Waals surface area contributed by atoms with Crippen molar-refractivity contribution >= 4 is 11.3 Å². The smallest absolute Gasteiger partial charge is 0.0897 e. The molecular formula is C18H24N2S. The Hall–Kier alpha value is -1.19. The van der Waals surface area contributed by atoms with Gasteiger partial charge in [-0.2, -0.15) is 0 Å². The molecule has 1 aliphatic rings. The number of fused-ring (bicyclic) bond motifs is 1. The maximum Gasteiger partial charge on any atom is 0.0897 e. The fraction of sp³-hybridized carbons (Fsp3) is 0.500. The van der Waals surface area contributed by atoms with E-state index in [1.54, 1.807) is 22.5 Å². The Balaban J connectivity index is 1.63. The highest BCUT2D eigenvalue weighted by Gasteiger charge is 2.28. The van der Waals surface area contributed by atoms with E-state index in [0.717, 1.165) is 18.9 Å². The van der Waals surface area contributed by atoms with Gasteiger partial charge in [0.1, 0.15) is 0 Å². The van der Waals surface area contributed by atoms with E-state index < -0.39 is 0 Å². The van der Waals surface area contributed by atoms with Crippen molar-refractivity contribution in [2.75, 3.05) is 6.54 Å². The first-order valence-corrected chi connectivity index (χ1v) is 8.86. The van der Waals surface area contributed by atoms with E-state index in [1.165, 1.54) is 30.0 Å². The molecule has 2 nitrogen and oxygen atoms in total. The second-order valence-electron chi connectivity index (χ2n) is 6.05. The summed E-state index contributed by atoms with van der Waals surface area (Å²) in [5.74, 6) is 0.732. The normalized spacial score (nSPS) is 18.1. The highest BCUT2D eigenvalue weighted by atomic mass is 32.1. The van der Waals surface area contributed by atoms with Crippen LogP contribution in [0.3, 0.4) is 0 Å². The number of hydrogen-bond acceptors (Lipinski definition) is 3. The first-order chi connectivity index (χ1) is 10.3. The van der Waals surface area contributed by atoms with Crippen LogP contribution >= 0.6 is 11.3 Å². The average molecular weight is 300 g/mol. The van der Waals surface area contributed by atoms with Gasteiger partial charge in [-0.15, -0.1) is 11.3 Å². The van der Waals surface area contributed by atoms with Crippen molar-refractivity contribution in [2.24, 2.45) is 0 Å². The molecule has 3 heteroatoms. The minimum Gasteiger partial charge on any atom is -0.314 e. The summed E-state index contributed by atoms with van der Waals surface area (Å²) in [6, 6.07) is 9.44. The molecule has 1 aliphatic carbocycles. The van der Waals surface area contributed by atoms with Crippen LogP contribution in [0.1, 0.15) is 47.5 Å². The van der Waals surface area contributed by atoms with E-state index in [2.05, 4.69) is 53.8 Å². The van der Waals surface area contributed by atoms with E-state index in [4.69, 9.17) is 0 Å². The maximum absolute atomic E-state index is 4.63. The quantitative estimate of drug-likeness (QED) is 0.833. The lowest BCUT2D eigenvalue weighted by atomic mass is 9.74. The molecule has 0 spiro atoms. The summed E-state index contributed by atoms with van der Waals surface area (Å²) < 4.78 is 0. The largest absolute Gasteiger partial charge is 0.314 e. The molecule has 1 heterocycles. The lowest BCUT2D eigenvalue weighted by Gasteiger charge is -2.33. The standard InChI is InChI=1S/C18H24N2S/c1-3-8-19-16(11-17-12-21-13(2)20-17)10-15-9-14-6-4-5-7-18(14)15/h4-7,12,15-16,19H,3,8-11H2,1-2H3. The summed E-state index contributed by atoms with van der Waals surface area (Å²) in [6.45, 7) is 5.42. The lowest BCUT2D eigenvalue weighted by molar-refractivity contribution is 0.413. The van der Waals surface area contributed by atoms with Crippen LogP contribution in [0.4, 0.5) is 0 Å². The molecule has 1 aromatic heterocycles. The van der Waals surface area contributed by atoms with E-state index in [-0.39, 0.29) is 0 Å². The van der Waals surface area contributed by atoms with Crippen LogP contribution in [0.25, 0.3) is 0 Å². The van der Waals surface area contributed by atoms with Gasteiger partial charge in [0.15, 0.2) is 0 Å². The van der Waals surface area contributed by atoms with Crippen LogP contribution in [0, 0.1) is 6.92 Å². The predicted octanol–water partition coefficient (Wildman–Crippen LogP) is 4.09. The number of aromatic nitrogens is 1. The summed E-state index contributed by atoms with van der Waals surface area (Å²) in [7, 11) is 0. The molecule has 0 amide bonds. The minimum atomic E-state index is 0.546. The molecule has 0 saturated carbocycles. The highest BCUT2D eigenvalue weighted by molar-refractivity contribution is 7.09. The number of thiazole rings is 1. The Morgan fingerprint density at radius 3 is 2.95 bits per heavy atom. The van der Waals surface area contributed by atoms with E-state index in [9.17, 15) is 0 Å². The van der Waals surface area contributed by atoms with Crippen molar-refractivity contribution in [3.63, 3.8) is 0 Å². The summed E-state index contributed by atoms with van der Waals surface area (Å²) in [6.07, 6.45) is 4.72. The Kier molecular flexibility index (Phi) is 4.71. The first kappa shape index (κ1) is 14.7. The van der Waals surface area contributed by atoms with Crippen molar-refractivity contribution in [1.82, 2.24) is 10.3 Å². The average Bonchev–Trinajstić information content (AvgIpc) is 2.87.